The predicted molar refractivity (Wildman–Crippen MR) is 72.8 cm³/mol. The van der Waals surface area contributed by atoms with E-state index in [2.05, 4.69) is 0 Å². The first-order valence-corrected chi connectivity index (χ1v) is 5.95. The van der Waals surface area contributed by atoms with E-state index in [4.69, 9.17) is 4.74 Å². The van der Waals surface area contributed by atoms with Gasteiger partial charge in [-0.2, -0.15) is 0 Å². The van der Waals surface area contributed by atoms with E-state index in [-0.39, 0.29) is 17.9 Å². The van der Waals surface area contributed by atoms with Gasteiger partial charge in [-0.1, -0.05) is 6.07 Å². The van der Waals surface area contributed by atoms with Crippen LogP contribution >= 0.6 is 0 Å². The van der Waals surface area contributed by atoms with Gasteiger partial charge in [0, 0.05) is 17.3 Å². The summed E-state index contributed by atoms with van der Waals surface area (Å²) < 4.78 is 6.50. The number of hydrogen-bond donors (Lipinski definition) is 0. The Kier molecular flexibility index (Phi) is 3.80. The SMILES string of the molecule is COc1ccc(C(=O)Cn2c(C)cccc2=O)cc1. The van der Waals surface area contributed by atoms with E-state index in [0.29, 0.717) is 11.3 Å². The molecule has 19 heavy (non-hydrogen) atoms. The quantitative estimate of drug-likeness (QED) is 0.788. The molecule has 0 aliphatic rings. The molecule has 0 aliphatic heterocycles. The van der Waals surface area contributed by atoms with Gasteiger partial charge >= 0.3 is 0 Å². The Bertz CT molecular complexity index is 641. The lowest BCUT2D eigenvalue weighted by Gasteiger charge is -2.08. The van der Waals surface area contributed by atoms with E-state index >= 15 is 0 Å². The highest BCUT2D eigenvalue weighted by Crippen LogP contribution is 2.12. The Balaban J connectivity index is 2.23. The van der Waals surface area contributed by atoms with Gasteiger partial charge in [-0.3, -0.25) is 9.59 Å². The van der Waals surface area contributed by atoms with Crippen LogP contribution in [0.4, 0.5) is 0 Å². The molecule has 0 aliphatic carbocycles. The van der Waals surface area contributed by atoms with Gasteiger partial charge < -0.3 is 9.30 Å². The number of ether oxygens (including phenoxy) is 1. The first kappa shape index (κ1) is 13.1. The molecule has 0 bridgehead atoms. The molecular formula is C15H15NO3. The highest BCUT2D eigenvalue weighted by atomic mass is 16.5. The van der Waals surface area contributed by atoms with E-state index in [0.717, 1.165) is 5.69 Å². The Morgan fingerprint density at radius 2 is 1.84 bits per heavy atom. The number of nitrogens with zero attached hydrogens (tertiary/aromatic N) is 1. The monoisotopic (exact) mass is 257 g/mol. The van der Waals surface area contributed by atoms with Gasteiger partial charge in [0.25, 0.3) is 5.56 Å². The molecule has 2 rings (SSSR count). The van der Waals surface area contributed by atoms with Crippen molar-refractivity contribution >= 4 is 5.78 Å². The van der Waals surface area contributed by atoms with Crippen molar-refractivity contribution in [2.24, 2.45) is 0 Å². The Morgan fingerprint density at radius 1 is 1.16 bits per heavy atom. The van der Waals surface area contributed by atoms with Crippen LogP contribution in [0.25, 0.3) is 0 Å². The highest BCUT2D eigenvalue weighted by Gasteiger charge is 2.09. The lowest BCUT2D eigenvalue weighted by atomic mass is 10.1. The van der Waals surface area contributed by atoms with Crippen molar-refractivity contribution in [3.63, 3.8) is 0 Å². The number of carbonyl (C=O) groups is 1. The smallest absolute Gasteiger partial charge is 0.251 e. The van der Waals surface area contributed by atoms with E-state index < -0.39 is 0 Å². The fraction of sp³-hybridized carbons (Fsp3) is 0.200. The molecule has 0 N–H and O–H groups in total. The maximum absolute atomic E-state index is 12.1. The third-order valence-corrected chi connectivity index (χ3v) is 2.98. The molecule has 0 radical (unpaired) electrons. The number of rotatable bonds is 4. The van der Waals surface area contributed by atoms with Crippen molar-refractivity contribution < 1.29 is 9.53 Å². The molecule has 1 aromatic heterocycles. The summed E-state index contributed by atoms with van der Waals surface area (Å²) in [7, 11) is 1.57. The third kappa shape index (κ3) is 2.91. The summed E-state index contributed by atoms with van der Waals surface area (Å²) in [5.41, 5.74) is 1.17. The summed E-state index contributed by atoms with van der Waals surface area (Å²) in [5.74, 6) is 0.601. The molecule has 0 amide bonds. The van der Waals surface area contributed by atoms with Crippen LogP contribution in [-0.4, -0.2) is 17.5 Å². The topological polar surface area (TPSA) is 48.3 Å². The van der Waals surface area contributed by atoms with Gasteiger partial charge in [0.1, 0.15) is 5.75 Å². The summed E-state index contributed by atoms with van der Waals surface area (Å²) >= 11 is 0. The van der Waals surface area contributed by atoms with Gasteiger partial charge in [-0.15, -0.1) is 0 Å². The standard InChI is InChI=1S/C15H15NO3/c1-11-4-3-5-15(18)16(11)10-14(17)12-6-8-13(19-2)9-7-12/h3-9H,10H2,1-2H3. The van der Waals surface area contributed by atoms with Gasteiger partial charge in [-0.25, -0.2) is 0 Å². The van der Waals surface area contributed by atoms with Crippen LogP contribution in [0.15, 0.2) is 47.3 Å². The number of benzene rings is 1. The zero-order valence-electron chi connectivity index (χ0n) is 10.9. The van der Waals surface area contributed by atoms with Gasteiger partial charge in [0.05, 0.1) is 13.7 Å². The number of Topliss-reactive ketones (excluding diaryl/α,β-unsaturated/α-hetero) is 1. The molecular weight excluding hydrogens is 242 g/mol. The summed E-state index contributed by atoms with van der Waals surface area (Å²) in [6, 6.07) is 11.8. The van der Waals surface area contributed by atoms with Crippen LogP contribution in [0.3, 0.4) is 0 Å². The maximum atomic E-state index is 12.1. The van der Waals surface area contributed by atoms with Crippen LogP contribution < -0.4 is 10.3 Å². The number of hydrogen-bond acceptors (Lipinski definition) is 3. The summed E-state index contributed by atoms with van der Waals surface area (Å²) in [6.07, 6.45) is 0. The van der Waals surface area contributed by atoms with E-state index in [9.17, 15) is 9.59 Å². The number of aromatic nitrogens is 1. The van der Waals surface area contributed by atoms with Crippen molar-refractivity contribution in [1.29, 1.82) is 0 Å². The zero-order valence-corrected chi connectivity index (χ0v) is 10.9. The molecule has 0 saturated heterocycles. The molecule has 4 nitrogen and oxygen atoms in total. The number of ketones is 1. The molecule has 0 fully saturated rings. The van der Waals surface area contributed by atoms with Crippen LogP contribution in [-0.2, 0) is 6.54 Å². The molecule has 0 unspecified atom stereocenters. The zero-order chi connectivity index (χ0) is 13.8. The van der Waals surface area contributed by atoms with Crippen molar-refractivity contribution in [1.82, 2.24) is 4.57 Å². The van der Waals surface area contributed by atoms with Crippen molar-refractivity contribution in [2.75, 3.05) is 7.11 Å². The lowest BCUT2D eigenvalue weighted by molar-refractivity contribution is 0.0970. The predicted octanol–water partition coefficient (Wildman–Crippen LogP) is 2.05. The molecule has 2 aromatic rings. The van der Waals surface area contributed by atoms with Crippen molar-refractivity contribution in [3.05, 3.63) is 64.1 Å². The minimum Gasteiger partial charge on any atom is -0.497 e. The van der Waals surface area contributed by atoms with E-state index in [1.165, 1.54) is 10.6 Å². The molecule has 4 heteroatoms. The molecule has 0 atom stereocenters. The average Bonchev–Trinajstić information content (AvgIpc) is 2.43. The number of methoxy groups -OCH3 is 1. The van der Waals surface area contributed by atoms with Gasteiger partial charge in [0.2, 0.25) is 0 Å². The molecule has 0 saturated carbocycles. The minimum absolute atomic E-state index is 0.0534. The largest absolute Gasteiger partial charge is 0.497 e. The second-order valence-corrected chi connectivity index (χ2v) is 4.24. The fourth-order valence-electron chi connectivity index (χ4n) is 1.84. The number of pyridine rings is 1. The van der Waals surface area contributed by atoms with Gasteiger partial charge in [-0.05, 0) is 37.3 Å². The van der Waals surface area contributed by atoms with Crippen LogP contribution in [0, 0.1) is 6.92 Å². The Labute approximate surface area is 111 Å². The maximum Gasteiger partial charge on any atom is 0.251 e. The Hall–Kier alpha value is -2.36. The van der Waals surface area contributed by atoms with Crippen LogP contribution in [0.1, 0.15) is 16.1 Å². The molecule has 1 heterocycles. The van der Waals surface area contributed by atoms with E-state index in [1.54, 1.807) is 37.4 Å². The summed E-state index contributed by atoms with van der Waals surface area (Å²) in [6.45, 7) is 1.86. The van der Waals surface area contributed by atoms with Gasteiger partial charge in [0.15, 0.2) is 5.78 Å². The first-order valence-electron chi connectivity index (χ1n) is 5.95. The lowest BCUT2D eigenvalue weighted by Crippen LogP contribution is -2.25. The second-order valence-electron chi connectivity index (χ2n) is 4.24. The highest BCUT2D eigenvalue weighted by molar-refractivity contribution is 5.96. The summed E-state index contributed by atoms with van der Waals surface area (Å²) in [5, 5.41) is 0. The van der Waals surface area contributed by atoms with Crippen LogP contribution in [0.2, 0.25) is 0 Å². The minimum atomic E-state index is -0.165. The third-order valence-electron chi connectivity index (χ3n) is 2.98. The fourth-order valence-corrected chi connectivity index (χ4v) is 1.84. The van der Waals surface area contributed by atoms with Crippen molar-refractivity contribution in [2.45, 2.75) is 13.5 Å². The molecule has 0 spiro atoms. The normalized spacial score (nSPS) is 10.2. The average molecular weight is 257 g/mol. The van der Waals surface area contributed by atoms with Crippen molar-refractivity contribution in [3.8, 4) is 5.75 Å². The molecule has 1 aromatic carbocycles. The Morgan fingerprint density at radius 3 is 2.42 bits per heavy atom. The first-order chi connectivity index (χ1) is 9.11. The number of aryl methyl sites for hydroxylation is 1. The summed E-state index contributed by atoms with van der Waals surface area (Å²) in [4.78, 5) is 23.8. The van der Waals surface area contributed by atoms with E-state index in [1.807, 2.05) is 13.0 Å². The second kappa shape index (κ2) is 5.52. The molecule has 98 valence electrons. The van der Waals surface area contributed by atoms with Crippen LogP contribution in [0.5, 0.6) is 5.75 Å². The number of carbonyl (C=O) groups excluding carboxylic acids is 1.